The van der Waals surface area contributed by atoms with Crippen molar-refractivity contribution in [2.75, 3.05) is 19.6 Å². The smallest absolute Gasteiger partial charge is 0.0235 e. The van der Waals surface area contributed by atoms with E-state index in [1.54, 1.807) is 0 Å². The second-order valence-corrected chi connectivity index (χ2v) is 5.97. The van der Waals surface area contributed by atoms with Crippen LogP contribution in [0.25, 0.3) is 0 Å². The van der Waals surface area contributed by atoms with Gasteiger partial charge in [0, 0.05) is 18.6 Å². The second-order valence-electron chi connectivity index (χ2n) is 5.97. The van der Waals surface area contributed by atoms with Gasteiger partial charge in [0.2, 0.25) is 0 Å². The summed E-state index contributed by atoms with van der Waals surface area (Å²) in [6.45, 7) is 8.46. The topological polar surface area (TPSA) is 15.3 Å². The van der Waals surface area contributed by atoms with E-state index in [-0.39, 0.29) is 0 Å². The van der Waals surface area contributed by atoms with Gasteiger partial charge in [-0.2, -0.15) is 0 Å². The van der Waals surface area contributed by atoms with Crippen LogP contribution in [0.1, 0.15) is 58.8 Å². The summed E-state index contributed by atoms with van der Waals surface area (Å²) in [5.74, 6) is 1.02. The first-order chi connectivity index (χ1) is 8.35. The average Bonchev–Trinajstić information content (AvgIpc) is 2.90. The van der Waals surface area contributed by atoms with Gasteiger partial charge in [0.25, 0.3) is 0 Å². The van der Waals surface area contributed by atoms with Crippen molar-refractivity contribution >= 4 is 0 Å². The lowest BCUT2D eigenvalue weighted by molar-refractivity contribution is 0.0972. The Labute approximate surface area is 107 Å². The Morgan fingerprint density at radius 3 is 2.29 bits per heavy atom. The second kappa shape index (κ2) is 6.75. The predicted octanol–water partition coefficient (Wildman–Crippen LogP) is 3.03. The predicted molar refractivity (Wildman–Crippen MR) is 74.3 cm³/mol. The zero-order chi connectivity index (χ0) is 12.1. The van der Waals surface area contributed by atoms with Gasteiger partial charge in [0.1, 0.15) is 0 Å². The first-order valence-electron chi connectivity index (χ1n) is 7.81. The minimum absolute atomic E-state index is 0.832. The van der Waals surface area contributed by atoms with E-state index in [1.807, 2.05) is 0 Å². The molecular weight excluding hydrogens is 208 g/mol. The van der Waals surface area contributed by atoms with Crippen LogP contribution in [0.2, 0.25) is 0 Å². The van der Waals surface area contributed by atoms with Gasteiger partial charge in [-0.15, -0.1) is 0 Å². The molecule has 1 N–H and O–H groups in total. The number of hydrogen-bond acceptors (Lipinski definition) is 2. The van der Waals surface area contributed by atoms with Crippen LogP contribution in [0.15, 0.2) is 0 Å². The van der Waals surface area contributed by atoms with Gasteiger partial charge in [-0.1, -0.05) is 20.3 Å². The third kappa shape index (κ3) is 3.45. The summed E-state index contributed by atoms with van der Waals surface area (Å²) in [4.78, 5) is 2.84. The quantitative estimate of drug-likeness (QED) is 0.792. The molecule has 100 valence electrons. The van der Waals surface area contributed by atoms with Crippen LogP contribution in [-0.4, -0.2) is 36.6 Å². The van der Waals surface area contributed by atoms with Gasteiger partial charge in [0.15, 0.2) is 0 Å². The third-order valence-electron chi connectivity index (χ3n) is 4.85. The lowest BCUT2D eigenvalue weighted by Gasteiger charge is -2.40. The van der Waals surface area contributed by atoms with Crippen molar-refractivity contribution in [1.82, 2.24) is 10.2 Å². The molecule has 1 atom stereocenters. The van der Waals surface area contributed by atoms with Crippen molar-refractivity contribution in [3.05, 3.63) is 0 Å². The third-order valence-corrected chi connectivity index (χ3v) is 4.85. The number of nitrogens with one attached hydrogen (secondary N) is 1. The van der Waals surface area contributed by atoms with Crippen LogP contribution in [0.3, 0.4) is 0 Å². The van der Waals surface area contributed by atoms with E-state index >= 15 is 0 Å². The molecule has 1 saturated carbocycles. The average molecular weight is 238 g/mol. The molecule has 1 unspecified atom stereocenters. The van der Waals surface area contributed by atoms with Crippen LogP contribution in [0.5, 0.6) is 0 Å². The fourth-order valence-electron chi connectivity index (χ4n) is 3.73. The van der Waals surface area contributed by atoms with Gasteiger partial charge >= 0.3 is 0 Å². The highest BCUT2D eigenvalue weighted by atomic mass is 15.2. The molecular formula is C15H30N2. The molecule has 2 rings (SSSR count). The Bertz CT molecular complexity index is 203. The van der Waals surface area contributed by atoms with Crippen molar-refractivity contribution in [1.29, 1.82) is 0 Å². The molecule has 1 saturated heterocycles. The van der Waals surface area contributed by atoms with E-state index in [9.17, 15) is 0 Å². The van der Waals surface area contributed by atoms with Crippen molar-refractivity contribution < 1.29 is 0 Å². The normalized spacial score (nSPS) is 34.4. The summed E-state index contributed by atoms with van der Waals surface area (Å²) in [6, 6.07) is 1.72. The van der Waals surface area contributed by atoms with Gasteiger partial charge < -0.3 is 5.32 Å². The summed E-state index contributed by atoms with van der Waals surface area (Å²) in [7, 11) is 0. The molecule has 2 fully saturated rings. The zero-order valence-corrected chi connectivity index (χ0v) is 11.8. The molecule has 0 aromatic carbocycles. The van der Waals surface area contributed by atoms with Crippen LogP contribution in [0.4, 0.5) is 0 Å². The lowest BCUT2D eigenvalue weighted by atomic mass is 9.83. The molecule has 2 aliphatic rings. The van der Waals surface area contributed by atoms with E-state index < -0.39 is 0 Å². The number of hydrogen-bond donors (Lipinski definition) is 1. The van der Waals surface area contributed by atoms with Gasteiger partial charge in [-0.25, -0.2) is 0 Å². The van der Waals surface area contributed by atoms with E-state index in [0.29, 0.717) is 0 Å². The molecule has 1 heterocycles. The van der Waals surface area contributed by atoms with E-state index in [2.05, 4.69) is 24.1 Å². The highest BCUT2D eigenvalue weighted by molar-refractivity contribution is 4.87. The molecule has 0 aromatic rings. The van der Waals surface area contributed by atoms with Crippen molar-refractivity contribution in [3.63, 3.8) is 0 Å². The Kier molecular flexibility index (Phi) is 5.30. The van der Waals surface area contributed by atoms with E-state index in [4.69, 9.17) is 0 Å². The molecule has 1 aliphatic heterocycles. The van der Waals surface area contributed by atoms with Gasteiger partial charge in [0.05, 0.1) is 0 Å². The van der Waals surface area contributed by atoms with Crippen LogP contribution < -0.4 is 5.32 Å². The SMILES string of the molecule is CCCN(C1CCC(CC)CC1)C1CCNC1. The van der Waals surface area contributed by atoms with Crippen LogP contribution >= 0.6 is 0 Å². The Hall–Kier alpha value is -0.0800. The zero-order valence-electron chi connectivity index (χ0n) is 11.8. The highest BCUT2D eigenvalue weighted by Gasteiger charge is 2.30. The molecule has 1 aliphatic carbocycles. The summed E-state index contributed by atoms with van der Waals surface area (Å²) in [5.41, 5.74) is 0. The monoisotopic (exact) mass is 238 g/mol. The van der Waals surface area contributed by atoms with E-state index in [0.717, 1.165) is 18.0 Å². The molecule has 2 nitrogen and oxygen atoms in total. The standard InChI is InChI=1S/C15H30N2/c1-3-11-17(15-9-10-16-12-15)14-7-5-13(4-2)6-8-14/h13-16H,3-12H2,1-2H3. The maximum atomic E-state index is 3.53. The molecule has 0 aromatic heterocycles. The van der Waals surface area contributed by atoms with Gasteiger partial charge in [-0.3, -0.25) is 4.90 Å². The van der Waals surface area contributed by atoms with Crippen molar-refractivity contribution in [2.45, 2.75) is 70.9 Å². The summed E-state index contributed by atoms with van der Waals surface area (Å²) in [6.07, 6.45) is 9.93. The first-order valence-corrected chi connectivity index (χ1v) is 7.81. The van der Waals surface area contributed by atoms with E-state index in [1.165, 1.54) is 64.6 Å². The van der Waals surface area contributed by atoms with Crippen molar-refractivity contribution in [3.8, 4) is 0 Å². The van der Waals surface area contributed by atoms with Crippen molar-refractivity contribution in [2.24, 2.45) is 5.92 Å². The molecule has 0 spiro atoms. The number of nitrogens with zero attached hydrogens (tertiary/aromatic N) is 1. The number of rotatable bonds is 5. The Morgan fingerprint density at radius 2 is 1.76 bits per heavy atom. The highest BCUT2D eigenvalue weighted by Crippen LogP contribution is 2.31. The lowest BCUT2D eigenvalue weighted by Crippen LogP contribution is -2.46. The van der Waals surface area contributed by atoms with Gasteiger partial charge in [-0.05, 0) is 57.5 Å². The Morgan fingerprint density at radius 1 is 1.00 bits per heavy atom. The van der Waals surface area contributed by atoms with Crippen LogP contribution in [0, 0.1) is 5.92 Å². The minimum Gasteiger partial charge on any atom is -0.315 e. The summed E-state index contributed by atoms with van der Waals surface area (Å²) in [5, 5.41) is 3.53. The largest absolute Gasteiger partial charge is 0.315 e. The summed E-state index contributed by atoms with van der Waals surface area (Å²) >= 11 is 0. The molecule has 0 amide bonds. The molecule has 0 radical (unpaired) electrons. The minimum atomic E-state index is 0.832. The summed E-state index contributed by atoms with van der Waals surface area (Å²) < 4.78 is 0. The fraction of sp³-hybridized carbons (Fsp3) is 1.00. The van der Waals surface area contributed by atoms with Crippen LogP contribution in [-0.2, 0) is 0 Å². The molecule has 0 bridgehead atoms. The Balaban J connectivity index is 1.87. The maximum absolute atomic E-state index is 3.53. The fourth-order valence-corrected chi connectivity index (χ4v) is 3.73. The molecule has 2 heteroatoms. The molecule has 17 heavy (non-hydrogen) atoms. The maximum Gasteiger partial charge on any atom is 0.0235 e. The first kappa shape index (κ1) is 13.4.